The van der Waals surface area contributed by atoms with Gasteiger partial charge in [0.1, 0.15) is 0 Å². The fourth-order valence-electron chi connectivity index (χ4n) is 8.07. The van der Waals surface area contributed by atoms with E-state index in [9.17, 15) is 0 Å². The first kappa shape index (κ1) is 36.3. The molecule has 0 bridgehead atoms. The van der Waals surface area contributed by atoms with Crippen molar-refractivity contribution in [1.82, 2.24) is 14.8 Å². The smallest absolute Gasteiger partial charge is 0.168 e. The van der Waals surface area contributed by atoms with Crippen LogP contribution < -0.4 is 4.90 Å². The summed E-state index contributed by atoms with van der Waals surface area (Å²) < 4.78 is 2.14. The minimum absolute atomic E-state index is 0.795. The van der Waals surface area contributed by atoms with Crippen LogP contribution in [0, 0.1) is 0 Å². The zero-order chi connectivity index (χ0) is 40.1. The van der Waals surface area contributed by atoms with Gasteiger partial charge in [-0.1, -0.05) is 194 Å². The minimum atomic E-state index is 0.795. The minimum Gasteiger partial charge on any atom is -0.310 e. The number of para-hydroxylation sites is 2. The Morgan fingerprint density at radius 3 is 1.22 bits per heavy atom. The average Bonchev–Trinajstić information content (AvgIpc) is 3.79. The van der Waals surface area contributed by atoms with E-state index in [1.54, 1.807) is 0 Å². The topological polar surface area (TPSA) is 34.0 Å². The average molecular weight is 769 g/mol. The largest absolute Gasteiger partial charge is 0.310 e. The molecule has 1 heterocycles. The molecule has 0 amide bonds. The summed E-state index contributed by atoms with van der Waals surface area (Å²) in [7, 11) is 0. The molecule has 0 radical (unpaired) electrons. The molecule has 60 heavy (non-hydrogen) atoms. The number of rotatable bonds is 10. The highest BCUT2D eigenvalue weighted by Gasteiger charge is 2.19. The molecule has 0 aliphatic heterocycles. The Morgan fingerprint density at radius 1 is 0.267 bits per heavy atom. The first-order valence-electron chi connectivity index (χ1n) is 20.3. The van der Waals surface area contributed by atoms with Crippen LogP contribution in [-0.4, -0.2) is 14.8 Å². The fourth-order valence-corrected chi connectivity index (χ4v) is 8.07. The van der Waals surface area contributed by atoms with Crippen LogP contribution >= 0.6 is 0 Å². The Labute approximate surface area is 351 Å². The monoisotopic (exact) mass is 768 g/mol. The van der Waals surface area contributed by atoms with Gasteiger partial charge in [0.15, 0.2) is 11.6 Å². The first-order chi connectivity index (χ1) is 29.8. The summed E-state index contributed by atoms with van der Waals surface area (Å²) in [6.45, 7) is 0. The second kappa shape index (κ2) is 16.4. The van der Waals surface area contributed by atoms with Gasteiger partial charge in [0.05, 0.1) is 0 Å². The van der Waals surface area contributed by atoms with E-state index >= 15 is 0 Å². The summed E-state index contributed by atoms with van der Waals surface area (Å²) in [6.07, 6.45) is 0. The number of aromatic nitrogens is 3. The van der Waals surface area contributed by atoms with Gasteiger partial charge < -0.3 is 4.90 Å². The molecule has 0 saturated heterocycles. The fraction of sp³-hybridized carbons (Fsp3) is 0. The third kappa shape index (κ3) is 7.19. The maximum atomic E-state index is 4.73. The van der Waals surface area contributed by atoms with Crippen molar-refractivity contribution < 1.29 is 0 Å². The summed E-state index contributed by atoms with van der Waals surface area (Å²) in [5, 5.41) is 9.41. The van der Waals surface area contributed by atoms with Crippen molar-refractivity contribution in [3.05, 3.63) is 243 Å². The first-order valence-corrected chi connectivity index (χ1v) is 20.3. The molecular formula is C56H40N4. The molecule has 0 N–H and O–H groups in total. The lowest BCUT2D eigenvalue weighted by molar-refractivity contribution is 1.07. The molecule has 0 spiro atoms. The molecule has 0 fully saturated rings. The Hall–Kier alpha value is -8.08. The van der Waals surface area contributed by atoms with E-state index in [2.05, 4.69) is 221 Å². The maximum absolute atomic E-state index is 4.73. The lowest BCUT2D eigenvalue weighted by atomic mass is 9.89. The number of nitrogens with zero attached hydrogens (tertiary/aromatic N) is 4. The van der Waals surface area contributed by atoms with Gasteiger partial charge in [-0.25, -0.2) is 0 Å². The molecule has 0 unspecified atom stereocenters. The number of anilines is 3. The van der Waals surface area contributed by atoms with Crippen molar-refractivity contribution in [2.24, 2.45) is 0 Å². The standard InChI is InChI=1S/C56H40N4/c1-5-18-41(19-6-1)46-22-17-27-50(40-46)59(47-23-9-3-10-24-47)49-38-36-43(37-39-49)52-29-14-16-31-54(52)53-30-15-13-28-51(53)42-32-34-45(35-33-42)56-58-57-55(44-20-7-2-8-21-44)60(56)48-25-11-4-12-26-48/h1-40H. The van der Waals surface area contributed by atoms with E-state index in [-0.39, 0.29) is 0 Å². The predicted molar refractivity (Wildman–Crippen MR) is 249 cm³/mol. The number of hydrogen-bond acceptors (Lipinski definition) is 3. The van der Waals surface area contributed by atoms with E-state index in [1.165, 1.54) is 27.8 Å². The third-order valence-electron chi connectivity index (χ3n) is 11.0. The normalized spacial score (nSPS) is 11.0. The molecule has 10 aromatic rings. The van der Waals surface area contributed by atoms with Crippen molar-refractivity contribution in [2.45, 2.75) is 0 Å². The molecule has 0 saturated carbocycles. The lowest BCUT2D eigenvalue weighted by Crippen LogP contribution is -2.09. The molecule has 4 nitrogen and oxygen atoms in total. The summed E-state index contributed by atoms with van der Waals surface area (Å²) in [5.74, 6) is 1.60. The highest BCUT2D eigenvalue weighted by atomic mass is 15.3. The number of hydrogen-bond donors (Lipinski definition) is 0. The summed E-state index contributed by atoms with van der Waals surface area (Å²) in [4.78, 5) is 2.33. The van der Waals surface area contributed by atoms with Gasteiger partial charge >= 0.3 is 0 Å². The SMILES string of the molecule is c1ccc(-c2cccc(N(c3ccccc3)c3ccc(-c4ccccc4-c4ccccc4-c4ccc(-c5nnc(-c6ccccc6)n5-c5ccccc5)cc4)cc3)c2)cc1. The van der Waals surface area contributed by atoms with Gasteiger partial charge in [-0.05, 0) is 93.0 Å². The van der Waals surface area contributed by atoms with E-state index in [0.29, 0.717) is 0 Å². The zero-order valence-corrected chi connectivity index (χ0v) is 32.9. The van der Waals surface area contributed by atoms with Crippen LogP contribution in [0.4, 0.5) is 17.1 Å². The third-order valence-corrected chi connectivity index (χ3v) is 11.0. The highest BCUT2D eigenvalue weighted by molar-refractivity contribution is 5.92. The molecule has 284 valence electrons. The van der Waals surface area contributed by atoms with E-state index < -0.39 is 0 Å². The van der Waals surface area contributed by atoms with Crippen LogP contribution in [0.1, 0.15) is 0 Å². The van der Waals surface area contributed by atoms with Crippen LogP contribution in [0.25, 0.3) is 73.0 Å². The van der Waals surface area contributed by atoms with Crippen LogP contribution in [-0.2, 0) is 0 Å². The molecule has 0 atom stereocenters. The highest BCUT2D eigenvalue weighted by Crippen LogP contribution is 2.41. The molecule has 0 aliphatic carbocycles. The van der Waals surface area contributed by atoms with Crippen molar-refractivity contribution in [3.8, 4) is 73.0 Å². The lowest BCUT2D eigenvalue weighted by Gasteiger charge is -2.26. The van der Waals surface area contributed by atoms with Gasteiger partial charge in [-0.15, -0.1) is 10.2 Å². The Morgan fingerprint density at radius 2 is 0.650 bits per heavy atom. The quantitative estimate of drug-likeness (QED) is 0.139. The second-order valence-electron chi connectivity index (χ2n) is 14.7. The van der Waals surface area contributed by atoms with Crippen LogP contribution in [0.15, 0.2) is 243 Å². The van der Waals surface area contributed by atoms with Gasteiger partial charge in [0.2, 0.25) is 0 Å². The summed E-state index contributed by atoms with van der Waals surface area (Å²) >= 11 is 0. The number of benzene rings is 9. The Balaban J connectivity index is 0.990. The van der Waals surface area contributed by atoms with E-state index in [4.69, 9.17) is 5.10 Å². The van der Waals surface area contributed by atoms with Crippen molar-refractivity contribution in [2.75, 3.05) is 4.90 Å². The Bertz CT molecular complexity index is 3000. The second-order valence-corrected chi connectivity index (χ2v) is 14.7. The van der Waals surface area contributed by atoms with Gasteiger partial charge in [0.25, 0.3) is 0 Å². The van der Waals surface area contributed by atoms with Gasteiger partial charge in [-0.2, -0.15) is 0 Å². The maximum Gasteiger partial charge on any atom is 0.168 e. The zero-order valence-electron chi connectivity index (χ0n) is 32.9. The van der Waals surface area contributed by atoms with Crippen LogP contribution in [0.3, 0.4) is 0 Å². The molecule has 4 heteroatoms. The van der Waals surface area contributed by atoms with Crippen molar-refractivity contribution in [3.63, 3.8) is 0 Å². The molecule has 10 rings (SSSR count). The summed E-state index contributed by atoms with van der Waals surface area (Å²) in [5.41, 5.74) is 15.7. The molecule has 1 aromatic heterocycles. The molecule has 0 aliphatic rings. The van der Waals surface area contributed by atoms with Gasteiger partial charge in [-0.3, -0.25) is 4.57 Å². The van der Waals surface area contributed by atoms with Gasteiger partial charge in [0, 0.05) is 33.9 Å². The van der Waals surface area contributed by atoms with Crippen LogP contribution in [0.2, 0.25) is 0 Å². The van der Waals surface area contributed by atoms with E-state index in [0.717, 1.165) is 62.2 Å². The summed E-state index contributed by atoms with van der Waals surface area (Å²) in [6, 6.07) is 85.5. The van der Waals surface area contributed by atoms with Crippen LogP contribution in [0.5, 0.6) is 0 Å². The van der Waals surface area contributed by atoms with Crippen molar-refractivity contribution in [1.29, 1.82) is 0 Å². The Kier molecular flexibility index (Phi) is 9.92. The molecular weight excluding hydrogens is 729 g/mol. The predicted octanol–water partition coefficient (Wildman–Crippen LogP) is 14.7. The molecule has 9 aromatic carbocycles. The van der Waals surface area contributed by atoms with Crippen molar-refractivity contribution >= 4 is 17.1 Å². The van der Waals surface area contributed by atoms with E-state index in [1.807, 2.05) is 36.4 Å².